The van der Waals surface area contributed by atoms with Gasteiger partial charge in [0.25, 0.3) is 5.91 Å². The number of carbonyl (C=O) groups is 1. The molecule has 0 spiro atoms. The third-order valence-corrected chi connectivity index (χ3v) is 7.05. The molecule has 136 valence electrons. The molecule has 4 rings (SSSR count). The predicted molar refractivity (Wildman–Crippen MR) is 93.9 cm³/mol. The van der Waals surface area contributed by atoms with Gasteiger partial charge in [-0.3, -0.25) is 4.79 Å². The molecule has 0 unspecified atom stereocenters. The first-order chi connectivity index (χ1) is 12.4. The summed E-state index contributed by atoms with van der Waals surface area (Å²) in [6.07, 6.45) is 7.36. The lowest BCUT2D eigenvalue weighted by molar-refractivity contribution is 0.0713. The lowest BCUT2D eigenvalue weighted by Crippen LogP contribution is -2.38. The molecular weight excluding hydrogens is 376 g/mol. The minimum atomic E-state index is -3.34. The molecule has 0 saturated carbocycles. The van der Waals surface area contributed by atoms with E-state index in [-0.39, 0.29) is 16.0 Å². The van der Waals surface area contributed by atoms with E-state index < -0.39 is 9.84 Å². The highest BCUT2D eigenvalue weighted by Gasteiger charge is 2.31. The average molecular weight is 392 g/mol. The van der Waals surface area contributed by atoms with Gasteiger partial charge in [-0.25, -0.2) is 17.9 Å². The average Bonchev–Trinajstić information content (AvgIpc) is 3.28. The molecule has 3 aromatic heterocycles. The predicted octanol–water partition coefficient (Wildman–Crippen LogP) is 1.00. The summed E-state index contributed by atoms with van der Waals surface area (Å²) < 4.78 is 29.3. The molecule has 1 aliphatic rings. The minimum absolute atomic E-state index is 0.00967. The van der Waals surface area contributed by atoms with Crippen LogP contribution >= 0.6 is 11.5 Å². The summed E-state index contributed by atoms with van der Waals surface area (Å²) in [5.74, 6) is -0.124. The van der Waals surface area contributed by atoms with Gasteiger partial charge in [0, 0.05) is 49.2 Å². The molecule has 3 aromatic rings. The normalized spacial score (nSPS) is 16.3. The monoisotopic (exact) mass is 392 g/mol. The van der Waals surface area contributed by atoms with Crippen molar-refractivity contribution in [2.24, 2.45) is 0 Å². The molecule has 9 nitrogen and oxygen atoms in total. The molecule has 0 bridgehead atoms. The van der Waals surface area contributed by atoms with Crippen LogP contribution in [0, 0.1) is 0 Å². The number of aromatic nitrogens is 5. The number of fused-ring (bicyclic) bond motifs is 1. The summed E-state index contributed by atoms with van der Waals surface area (Å²) in [4.78, 5) is 18.8. The molecule has 0 radical (unpaired) electrons. The van der Waals surface area contributed by atoms with Gasteiger partial charge in [-0.1, -0.05) is 4.49 Å². The molecule has 1 fully saturated rings. The summed E-state index contributed by atoms with van der Waals surface area (Å²) in [7, 11) is -3.34. The Kier molecular flexibility index (Phi) is 4.19. The van der Waals surface area contributed by atoms with Crippen molar-refractivity contribution in [3.8, 4) is 0 Å². The number of rotatable bonds is 3. The quantitative estimate of drug-likeness (QED) is 0.654. The van der Waals surface area contributed by atoms with E-state index in [0.717, 1.165) is 11.5 Å². The van der Waals surface area contributed by atoms with E-state index in [9.17, 15) is 13.2 Å². The standard InChI is InChI=1S/C15H16N6O3S2/c1-26(23,24)15-12(18-19-25-15)10-3-7-20(8-4-10)14(22)11-9-17-21-6-2-5-16-13(11)21/h2,5-6,9-10H,3-4,7-8H2,1H3. The van der Waals surface area contributed by atoms with Crippen molar-refractivity contribution in [3.63, 3.8) is 0 Å². The fourth-order valence-electron chi connectivity index (χ4n) is 3.20. The number of carbonyl (C=O) groups excluding carboxylic acids is 1. The maximum atomic E-state index is 12.8. The lowest BCUT2D eigenvalue weighted by atomic mass is 9.94. The van der Waals surface area contributed by atoms with Gasteiger partial charge in [-0.15, -0.1) is 5.10 Å². The second kappa shape index (κ2) is 6.40. The zero-order valence-electron chi connectivity index (χ0n) is 13.9. The van der Waals surface area contributed by atoms with Crippen LogP contribution in [0.4, 0.5) is 0 Å². The van der Waals surface area contributed by atoms with Crippen LogP contribution in [0.15, 0.2) is 28.9 Å². The van der Waals surface area contributed by atoms with Crippen LogP contribution in [0.5, 0.6) is 0 Å². The van der Waals surface area contributed by atoms with E-state index in [1.807, 2.05) is 0 Å². The van der Waals surface area contributed by atoms with Gasteiger partial charge in [-0.05, 0) is 18.9 Å². The molecule has 11 heteroatoms. The molecular formula is C15H16N6O3S2. The molecule has 0 atom stereocenters. The Morgan fingerprint density at radius 2 is 2.08 bits per heavy atom. The maximum Gasteiger partial charge on any atom is 0.259 e. The number of nitrogens with zero attached hydrogens (tertiary/aromatic N) is 6. The first-order valence-corrected chi connectivity index (χ1v) is 10.7. The summed E-state index contributed by atoms with van der Waals surface area (Å²) >= 11 is 0.908. The molecule has 26 heavy (non-hydrogen) atoms. The highest BCUT2D eigenvalue weighted by Crippen LogP contribution is 2.33. The van der Waals surface area contributed by atoms with E-state index >= 15 is 0 Å². The van der Waals surface area contributed by atoms with Gasteiger partial charge >= 0.3 is 0 Å². The molecule has 0 aromatic carbocycles. The summed E-state index contributed by atoms with van der Waals surface area (Å²) in [5, 5.41) is 8.18. The topological polar surface area (TPSA) is 110 Å². The summed E-state index contributed by atoms with van der Waals surface area (Å²) in [5.41, 5.74) is 1.53. The smallest absolute Gasteiger partial charge is 0.259 e. The lowest BCUT2D eigenvalue weighted by Gasteiger charge is -2.31. The molecule has 0 N–H and O–H groups in total. The van der Waals surface area contributed by atoms with Crippen LogP contribution < -0.4 is 0 Å². The van der Waals surface area contributed by atoms with Crippen molar-refractivity contribution in [1.29, 1.82) is 0 Å². The Labute approximate surface area is 153 Å². The second-order valence-corrected chi connectivity index (χ2v) is 9.20. The minimum Gasteiger partial charge on any atom is -0.338 e. The van der Waals surface area contributed by atoms with Gasteiger partial charge in [0.1, 0.15) is 5.56 Å². The largest absolute Gasteiger partial charge is 0.338 e. The number of hydrogen-bond acceptors (Lipinski definition) is 8. The Bertz CT molecular complexity index is 1070. The van der Waals surface area contributed by atoms with Gasteiger partial charge in [-0.2, -0.15) is 5.10 Å². The second-order valence-electron chi connectivity index (χ2n) is 6.23. The summed E-state index contributed by atoms with van der Waals surface area (Å²) in [6.45, 7) is 1.04. The number of hydrogen-bond donors (Lipinski definition) is 0. The van der Waals surface area contributed by atoms with Crippen molar-refractivity contribution in [1.82, 2.24) is 29.1 Å². The van der Waals surface area contributed by atoms with Gasteiger partial charge in [0.15, 0.2) is 19.7 Å². The number of amides is 1. The van der Waals surface area contributed by atoms with Gasteiger partial charge < -0.3 is 4.90 Å². The molecule has 1 saturated heterocycles. The highest BCUT2D eigenvalue weighted by atomic mass is 32.2. The van der Waals surface area contributed by atoms with Crippen molar-refractivity contribution < 1.29 is 13.2 Å². The molecule has 0 aliphatic carbocycles. The van der Waals surface area contributed by atoms with E-state index in [1.165, 1.54) is 12.5 Å². The summed E-state index contributed by atoms with van der Waals surface area (Å²) in [6, 6.07) is 1.75. The van der Waals surface area contributed by atoms with Crippen molar-refractivity contribution in [3.05, 3.63) is 35.9 Å². The molecule has 1 aliphatic heterocycles. The first-order valence-electron chi connectivity index (χ1n) is 8.05. The maximum absolute atomic E-state index is 12.8. The SMILES string of the molecule is CS(=O)(=O)c1snnc1C1CCN(C(=O)c2cnn3cccnc23)CC1. The Morgan fingerprint density at radius 1 is 1.31 bits per heavy atom. The third kappa shape index (κ3) is 2.97. The third-order valence-electron chi connectivity index (χ3n) is 4.50. The van der Waals surface area contributed by atoms with Gasteiger partial charge in [0.2, 0.25) is 0 Å². The van der Waals surface area contributed by atoms with Crippen molar-refractivity contribution >= 4 is 32.9 Å². The zero-order chi connectivity index (χ0) is 18.3. The Hall–Kier alpha value is -2.40. The van der Waals surface area contributed by atoms with Crippen LogP contribution in [0.2, 0.25) is 0 Å². The first kappa shape index (κ1) is 17.0. The number of likely N-dealkylation sites (tertiary alicyclic amines) is 1. The fourth-order valence-corrected chi connectivity index (χ4v) is 4.93. The van der Waals surface area contributed by atoms with E-state index in [1.54, 1.807) is 27.9 Å². The fraction of sp³-hybridized carbons (Fsp3) is 0.400. The van der Waals surface area contributed by atoms with E-state index in [2.05, 4.69) is 19.7 Å². The van der Waals surface area contributed by atoms with E-state index in [4.69, 9.17) is 0 Å². The van der Waals surface area contributed by atoms with Crippen molar-refractivity contribution in [2.75, 3.05) is 19.3 Å². The zero-order valence-corrected chi connectivity index (χ0v) is 15.6. The van der Waals surface area contributed by atoms with E-state index in [0.29, 0.717) is 42.8 Å². The van der Waals surface area contributed by atoms with Gasteiger partial charge in [0.05, 0.1) is 11.9 Å². The van der Waals surface area contributed by atoms with Crippen LogP contribution in [-0.2, 0) is 9.84 Å². The number of sulfone groups is 1. The van der Waals surface area contributed by atoms with Crippen LogP contribution in [-0.4, -0.2) is 62.8 Å². The van der Waals surface area contributed by atoms with Crippen molar-refractivity contribution in [2.45, 2.75) is 23.0 Å². The van der Waals surface area contributed by atoms with Crippen LogP contribution in [0.25, 0.3) is 5.65 Å². The number of piperidine rings is 1. The van der Waals surface area contributed by atoms with Crippen LogP contribution in [0.1, 0.15) is 34.8 Å². The Balaban J connectivity index is 1.51. The van der Waals surface area contributed by atoms with Crippen LogP contribution in [0.3, 0.4) is 0 Å². The highest BCUT2D eigenvalue weighted by molar-refractivity contribution is 7.92. The molecule has 1 amide bonds. The molecule has 4 heterocycles. The Morgan fingerprint density at radius 3 is 2.81 bits per heavy atom.